The Labute approximate surface area is 407 Å². The van der Waals surface area contributed by atoms with Crippen LogP contribution in [-0.4, -0.2) is 30.9 Å². The van der Waals surface area contributed by atoms with Gasteiger partial charge in [0.15, 0.2) is 0 Å². The number of fused-ring (bicyclic) bond motifs is 15. The monoisotopic (exact) mass is 899 g/mol. The Morgan fingerprint density at radius 1 is 0.333 bits per heavy atom. The average molecular weight is 900 g/mol. The fourth-order valence-electron chi connectivity index (χ4n) is 13.0. The van der Waals surface area contributed by atoms with Crippen LogP contribution in [0.3, 0.4) is 0 Å². The molecule has 15 rings (SSSR count). The molecule has 0 spiro atoms. The summed E-state index contributed by atoms with van der Waals surface area (Å²) in [5, 5.41) is 26.6. The molecule has 3 aliphatic heterocycles. The predicted octanol–water partition coefficient (Wildman–Crippen LogP) is 14.9. The number of rotatable bonds is 2. The van der Waals surface area contributed by atoms with Gasteiger partial charge in [0, 0.05) is 54.3 Å². The Kier molecular flexibility index (Phi) is 8.06. The molecule has 3 aliphatic rings. The summed E-state index contributed by atoms with van der Waals surface area (Å²) in [5.74, 6) is 0. The van der Waals surface area contributed by atoms with E-state index >= 15 is 0 Å². The minimum absolute atomic E-state index is 0. The summed E-state index contributed by atoms with van der Waals surface area (Å²) in [7, 11) is -1.46. The normalized spacial score (nSPS) is 15.3. The highest BCUT2D eigenvalue weighted by Crippen LogP contribution is 2.51. The summed E-state index contributed by atoms with van der Waals surface area (Å²) in [4.78, 5) is 0. The van der Waals surface area contributed by atoms with Gasteiger partial charge in [-0.25, -0.2) is 0 Å². The van der Waals surface area contributed by atoms with Crippen LogP contribution in [-0.2, 0) is 16.2 Å². The van der Waals surface area contributed by atoms with E-state index in [1.165, 1.54) is 111 Å². The maximum Gasteiger partial charge on any atom is 0.488 e. The molecule has 6 heteroatoms. The first-order valence-electron chi connectivity index (χ1n) is 24.2. The second-order valence-corrected chi connectivity index (χ2v) is 21.2. The number of hydrogen-bond donors (Lipinski definition) is 2. The smallest absolute Gasteiger partial charge is 0.423 e. The van der Waals surface area contributed by atoms with Gasteiger partial charge in [-0.1, -0.05) is 175 Å². The van der Waals surface area contributed by atoms with Gasteiger partial charge in [0.05, 0.1) is 50.2 Å². The number of benzene rings is 9. The van der Waals surface area contributed by atoms with Crippen molar-refractivity contribution in [2.75, 3.05) is 0 Å². The Balaban J connectivity index is 0.000000181. The molecule has 6 heterocycles. The highest BCUT2D eigenvalue weighted by atomic mass is 16.4. The van der Waals surface area contributed by atoms with Crippen molar-refractivity contribution in [2.45, 2.75) is 57.8 Å². The van der Waals surface area contributed by atoms with Gasteiger partial charge < -0.3 is 23.7 Å². The Hall–Kier alpha value is -7.64. The minimum atomic E-state index is -1.46. The van der Waals surface area contributed by atoms with E-state index in [0.29, 0.717) is 5.46 Å². The van der Waals surface area contributed by atoms with Crippen LogP contribution >= 0.6 is 0 Å². The van der Waals surface area contributed by atoms with Crippen LogP contribution in [0.2, 0.25) is 0 Å². The van der Waals surface area contributed by atoms with Crippen LogP contribution in [0.4, 0.5) is 0 Å². The quantitative estimate of drug-likeness (QED) is 0.170. The zero-order chi connectivity index (χ0) is 46.9. The van der Waals surface area contributed by atoms with Gasteiger partial charge in [-0.15, -0.1) is 0 Å². The summed E-state index contributed by atoms with van der Waals surface area (Å²) >= 11 is 0. The number of aromatic nitrogens is 3. The van der Waals surface area contributed by atoms with Crippen LogP contribution in [0.15, 0.2) is 182 Å². The zero-order valence-electron chi connectivity index (χ0n) is 39.6. The molecule has 0 unspecified atom stereocenters. The summed E-state index contributed by atoms with van der Waals surface area (Å²) in [6, 6.07) is 66.3. The van der Waals surface area contributed by atoms with Crippen LogP contribution in [0.1, 0.15) is 80.6 Å². The minimum Gasteiger partial charge on any atom is -0.423 e. The number of para-hydroxylation sites is 6. The molecule has 0 bridgehead atoms. The number of hydrogen-bond acceptors (Lipinski definition) is 2. The van der Waals surface area contributed by atoms with Crippen LogP contribution < -0.4 is 5.46 Å². The van der Waals surface area contributed by atoms with E-state index in [1.54, 1.807) is 6.07 Å². The molecule has 0 aliphatic carbocycles. The molecule has 5 nitrogen and oxygen atoms in total. The third-order valence-electron chi connectivity index (χ3n) is 16.5. The van der Waals surface area contributed by atoms with Crippen molar-refractivity contribution in [2.24, 2.45) is 0 Å². The SMILES string of the molecule is CC1(C)c2ccccc2-n2c3ccc(-c4ccc5c(c4)c4cccc6c4n5-c4ccccc4C6(C)C)cc3c3cccc1c32.CC1(C)c2ccccc2-n2c3ccc(B(O)O)cc3c3cccc1c32.[HH].[HH].[HH].[HH]. The first kappa shape index (κ1) is 40.4. The van der Waals surface area contributed by atoms with Gasteiger partial charge in [-0.2, -0.15) is 0 Å². The van der Waals surface area contributed by atoms with E-state index in [0.717, 1.165) is 16.3 Å². The van der Waals surface area contributed by atoms with E-state index in [4.69, 9.17) is 0 Å². The van der Waals surface area contributed by atoms with E-state index in [2.05, 4.69) is 219 Å². The lowest BCUT2D eigenvalue weighted by atomic mass is 9.75. The molecule has 0 saturated heterocycles. The molecule has 0 amide bonds. The van der Waals surface area contributed by atoms with Crippen molar-refractivity contribution in [3.05, 3.63) is 215 Å². The second kappa shape index (κ2) is 13.8. The van der Waals surface area contributed by atoms with Crippen molar-refractivity contribution in [3.63, 3.8) is 0 Å². The van der Waals surface area contributed by atoms with E-state index in [-0.39, 0.29) is 22.0 Å². The van der Waals surface area contributed by atoms with Gasteiger partial charge in [0.2, 0.25) is 0 Å². The Bertz CT molecular complexity index is 4060. The van der Waals surface area contributed by atoms with Crippen LogP contribution in [0.5, 0.6) is 0 Å². The number of nitrogens with zero attached hydrogens (tertiary/aromatic N) is 3. The molecule has 12 aromatic rings. The van der Waals surface area contributed by atoms with Crippen molar-refractivity contribution in [3.8, 4) is 28.2 Å². The zero-order valence-corrected chi connectivity index (χ0v) is 39.6. The summed E-state index contributed by atoms with van der Waals surface area (Å²) in [5.41, 5.74) is 22.3. The average Bonchev–Trinajstić information content (AvgIpc) is 4.01. The summed E-state index contributed by atoms with van der Waals surface area (Å²) in [6.07, 6.45) is 0. The molecule has 0 radical (unpaired) electrons. The van der Waals surface area contributed by atoms with Crippen molar-refractivity contribution >= 4 is 78.0 Å². The Morgan fingerprint density at radius 2 is 0.652 bits per heavy atom. The van der Waals surface area contributed by atoms with Crippen molar-refractivity contribution < 1.29 is 15.8 Å². The lowest BCUT2D eigenvalue weighted by molar-refractivity contribution is 0.426. The first-order chi connectivity index (χ1) is 33.4. The Morgan fingerprint density at radius 3 is 1.01 bits per heavy atom. The molecular formula is C63H58BN3O2. The topological polar surface area (TPSA) is 55.2 Å². The first-order valence-corrected chi connectivity index (χ1v) is 24.2. The van der Waals surface area contributed by atoms with E-state index < -0.39 is 7.12 Å². The molecule has 0 fully saturated rings. The highest BCUT2D eigenvalue weighted by Gasteiger charge is 2.38. The van der Waals surface area contributed by atoms with Crippen molar-refractivity contribution in [1.82, 2.24) is 13.7 Å². The lowest BCUT2D eigenvalue weighted by Gasteiger charge is -2.34. The van der Waals surface area contributed by atoms with Crippen molar-refractivity contribution in [1.29, 1.82) is 0 Å². The molecule has 0 saturated carbocycles. The molecule has 2 N–H and O–H groups in total. The van der Waals surface area contributed by atoms with Gasteiger partial charge in [0.25, 0.3) is 0 Å². The van der Waals surface area contributed by atoms with Gasteiger partial charge in [-0.05, 0) is 98.5 Å². The van der Waals surface area contributed by atoms with Crippen LogP contribution in [0.25, 0.3) is 93.6 Å². The summed E-state index contributed by atoms with van der Waals surface area (Å²) < 4.78 is 7.31. The molecule has 3 aromatic heterocycles. The maximum atomic E-state index is 9.58. The third kappa shape index (κ3) is 5.23. The second-order valence-electron chi connectivity index (χ2n) is 21.2. The van der Waals surface area contributed by atoms with Gasteiger partial charge in [0.1, 0.15) is 0 Å². The fraction of sp³-hybridized carbons (Fsp3) is 0.143. The third-order valence-corrected chi connectivity index (χ3v) is 16.5. The molecule has 0 atom stereocenters. The van der Waals surface area contributed by atoms with Gasteiger partial charge >= 0.3 is 7.12 Å². The summed E-state index contributed by atoms with van der Waals surface area (Å²) in [6.45, 7) is 14.0. The maximum absolute atomic E-state index is 9.58. The van der Waals surface area contributed by atoms with Crippen LogP contribution in [0, 0.1) is 0 Å². The molecule has 69 heavy (non-hydrogen) atoms. The largest absolute Gasteiger partial charge is 0.488 e. The predicted molar refractivity (Wildman–Crippen MR) is 296 cm³/mol. The van der Waals surface area contributed by atoms with E-state index in [1.807, 2.05) is 12.1 Å². The lowest BCUT2D eigenvalue weighted by Crippen LogP contribution is -2.29. The van der Waals surface area contributed by atoms with Gasteiger partial charge in [-0.3, -0.25) is 0 Å². The fourth-order valence-corrected chi connectivity index (χ4v) is 13.0. The molecule has 9 aromatic carbocycles. The highest BCUT2D eigenvalue weighted by molar-refractivity contribution is 6.59. The van der Waals surface area contributed by atoms with E-state index in [9.17, 15) is 10.0 Å². The standard InChI is InChI=1S/C42H32N2.C21H18BNO2.4H2/c1-41(2)31-13-5-7-17-37(31)43-35-21-19-25(23-29(35)27-11-9-15-33(41)39(27)43)26-20-22-36-30(24-26)28-12-10-16-34-40(28)44(36)38-18-8-6-14-32(38)42(34,3)4;1-21(2)16-7-3-4-9-19(16)23-18-11-10-13(22(24)25)12-15(18)14-6-5-8-17(21)20(14)23;;;;/h5-24H,1-4H3;3-12,24-25H,1-2H3;4*1H. The molecular weight excluding hydrogens is 842 g/mol. The molecule has 340 valence electrons.